The van der Waals surface area contributed by atoms with Crippen molar-refractivity contribution in [2.24, 2.45) is 0 Å². The minimum Gasteiger partial charge on any atom is -0.497 e. The third-order valence-corrected chi connectivity index (χ3v) is 3.56. The number of benzene rings is 1. The summed E-state index contributed by atoms with van der Waals surface area (Å²) < 4.78 is 5.07. The van der Waals surface area contributed by atoms with Crippen LogP contribution in [0.1, 0.15) is 19.3 Å². The first-order chi connectivity index (χ1) is 9.61. The van der Waals surface area contributed by atoms with Gasteiger partial charge in [-0.15, -0.1) is 11.8 Å². The number of carboxylic acid groups (broad SMARTS) is 1. The highest BCUT2D eigenvalue weighted by Gasteiger charge is 2.03. The molecular weight excluding hydrogens is 278 g/mol. The van der Waals surface area contributed by atoms with Crippen LogP contribution in [0.25, 0.3) is 0 Å². The Kier molecular flexibility index (Phi) is 7.57. The fourth-order valence-corrected chi connectivity index (χ4v) is 2.34. The van der Waals surface area contributed by atoms with Crippen LogP contribution in [0.3, 0.4) is 0 Å². The number of hydrogen-bond acceptors (Lipinski definition) is 4. The topological polar surface area (TPSA) is 75.6 Å². The van der Waals surface area contributed by atoms with Gasteiger partial charge in [-0.3, -0.25) is 9.59 Å². The lowest BCUT2D eigenvalue weighted by atomic mass is 10.3. The lowest BCUT2D eigenvalue weighted by Crippen LogP contribution is -2.25. The molecule has 1 aromatic rings. The van der Waals surface area contributed by atoms with E-state index in [0.29, 0.717) is 25.1 Å². The molecule has 0 heterocycles. The average Bonchev–Trinajstić information content (AvgIpc) is 2.44. The predicted octanol–water partition coefficient (Wildman–Crippen LogP) is 2.16. The van der Waals surface area contributed by atoms with Crippen LogP contribution in [0, 0.1) is 0 Å². The van der Waals surface area contributed by atoms with Crippen molar-refractivity contribution in [2.45, 2.75) is 24.2 Å². The molecule has 0 aliphatic heterocycles. The van der Waals surface area contributed by atoms with Crippen LogP contribution in [0.15, 0.2) is 29.2 Å². The maximum atomic E-state index is 11.5. The molecule has 0 atom stereocenters. The first kappa shape index (κ1) is 16.4. The summed E-state index contributed by atoms with van der Waals surface area (Å²) in [7, 11) is 1.62. The highest BCUT2D eigenvalue weighted by Crippen LogP contribution is 2.21. The van der Waals surface area contributed by atoms with Gasteiger partial charge in [-0.05, 0) is 30.7 Å². The van der Waals surface area contributed by atoms with E-state index in [1.54, 1.807) is 18.9 Å². The molecule has 0 saturated carbocycles. The molecule has 1 amide bonds. The highest BCUT2D eigenvalue weighted by molar-refractivity contribution is 7.99. The Labute approximate surface area is 122 Å². The molecule has 0 aliphatic carbocycles. The Morgan fingerprint density at radius 2 is 1.95 bits per heavy atom. The standard InChI is InChI=1S/C14H19NO4S/c1-19-11-4-6-12(7-5-11)20-10-8-13(16)15-9-2-3-14(17)18/h4-7H,2-3,8-10H2,1H3,(H,15,16)(H,17,18). The quantitative estimate of drug-likeness (QED) is 0.539. The van der Waals surface area contributed by atoms with Crippen molar-refractivity contribution in [3.63, 3.8) is 0 Å². The zero-order valence-corrected chi connectivity index (χ0v) is 12.2. The number of hydrogen-bond donors (Lipinski definition) is 2. The molecule has 0 bridgehead atoms. The molecular formula is C14H19NO4S. The summed E-state index contributed by atoms with van der Waals surface area (Å²) in [5.74, 6) is 0.619. The normalized spacial score (nSPS) is 10.1. The zero-order chi connectivity index (χ0) is 14.8. The fraction of sp³-hybridized carbons (Fsp3) is 0.429. The number of carbonyl (C=O) groups is 2. The second-order valence-electron chi connectivity index (χ2n) is 4.12. The molecule has 0 fully saturated rings. The molecule has 1 aromatic carbocycles. The minimum absolute atomic E-state index is 0.0450. The minimum atomic E-state index is -0.839. The van der Waals surface area contributed by atoms with Gasteiger partial charge in [0.05, 0.1) is 7.11 Å². The van der Waals surface area contributed by atoms with E-state index in [2.05, 4.69) is 5.32 Å². The molecule has 110 valence electrons. The lowest BCUT2D eigenvalue weighted by molar-refractivity contribution is -0.137. The van der Waals surface area contributed by atoms with E-state index in [9.17, 15) is 9.59 Å². The van der Waals surface area contributed by atoms with Crippen LogP contribution < -0.4 is 10.1 Å². The van der Waals surface area contributed by atoms with Gasteiger partial charge in [-0.2, -0.15) is 0 Å². The van der Waals surface area contributed by atoms with E-state index in [1.807, 2.05) is 24.3 Å². The third kappa shape index (κ3) is 7.04. The molecule has 0 saturated heterocycles. The van der Waals surface area contributed by atoms with Crippen LogP contribution in [0.2, 0.25) is 0 Å². The molecule has 2 N–H and O–H groups in total. The molecule has 0 aromatic heterocycles. The summed E-state index contributed by atoms with van der Waals surface area (Å²) in [5, 5.41) is 11.2. The van der Waals surface area contributed by atoms with Gasteiger partial charge in [0.1, 0.15) is 5.75 Å². The van der Waals surface area contributed by atoms with Crippen LogP contribution in [0.4, 0.5) is 0 Å². The lowest BCUT2D eigenvalue weighted by Gasteiger charge is -2.05. The third-order valence-electron chi connectivity index (χ3n) is 2.55. The van der Waals surface area contributed by atoms with Crippen LogP contribution in [-0.4, -0.2) is 36.4 Å². The van der Waals surface area contributed by atoms with Crippen molar-refractivity contribution >= 4 is 23.6 Å². The van der Waals surface area contributed by atoms with Gasteiger partial charge in [0.2, 0.25) is 5.91 Å². The van der Waals surface area contributed by atoms with Gasteiger partial charge in [0, 0.05) is 30.0 Å². The Morgan fingerprint density at radius 1 is 1.25 bits per heavy atom. The number of aliphatic carboxylic acids is 1. The summed E-state index contributed by atoms with van der Waals surface area (Å²) in [5.41, 5.74) is 0. The maximum absolute atomic E-state index is 11.5. The number of carboxylic acids is 1. The van der Waals surface area contributed by atoms with Crippen LogP contribution in [-0.2, 0) is 9.59 Å². The number of nitrogens with one attached hydrogen (secondary N) is 1. The second-order valence-corrected chi connectivity index (χ2v) is 5.29. The number of amides is 1. The smallest absolute Gasteiger partial charge is 0.303 e. The first-order valence-electron chi connectivity index (χ1n) is 6.37. The number of carbonyl (C=O) groups excluding carboxylic acids is 1. The Hall–Kier alpha value is -1.69. The molecule has 1 rings (SSSR count). The highest BCUT2D eigenvalue weighted by atomic mass is 32.2. The van der Waals surface area contributed by atoms with E-state index in [4.69, 9.17) is 9.84 Å². The number of methoxy groups -OCH3 is 1. The van der Waals surface area contributed by atoms with Crippen LogP contribution >= 0.6 is 11.8 Å². The largest absolute Gasteiger partial charge is 0.497 e. The van der Waals surface area contributed by atoms with E-state index < -0.39 is 5.97 Å². The number of ether oxygens (including phenoxy) is 1. The molecule has 0 radical (unpaired) electrons. The van der Waals surface area contributed by atoms with Crippen LogP contribution in [0.5, 0.6) is 5.75 Å². The monoisotopic (exact) mass is 297 g/mol. The first-order valence-corrected chi connectivity index (χ1v) is 7.35. The average molecular weight is 297 g/mol. The van der Waals surface area contributed by atoms with Crippen molar-refractivity contribution in [3.05, 3.63) is 24.3 Å². The Bertz CT molecular complexity index is 433. The second kappa shape index (κ2) is 9.25. The van der Waals surface area contributed by atoms with Crippen molar-refractivity contribution in [3.8, 4) is 5.75 Å². The van der Waals surface area contributed by atoms with Crippen molar-refractivity contribution < 1.29 is 19.4 Å². The molecule has 20 heavy (non-hydrogen) atoms. The zero-order valence-electron chi connectivity index (χ0n) is 11.4. The summed E-state index contributed by atoms with van der Waals surface area (Å²) in [4.78, 5) is 22.9. The van der Waals surface area contributed by atoms with Crippen molar-refractivity contribution in [1.29, 1.82) is 0 Å². The van der Waals surface area contributed by atoms with Gasteiger partial charge in [0.25, 0.3) is 0 Å². The summed E-state index contributed by atoms with van der Waals surface area (Å²) in [6.07, 6.45) is 0.970. The van der Waals surface area contributed by atoms with Gasteiger partial charge < -0.3 is 15.2 Å². The Balaban J connectivity index is 2.13. The van der Waals surface area contributed by atoms with E-state index in [0.717, 1.165) is 10.6 Å². The SMILES string of the molecule is COc1ccc(SCCC(=O)NCCCC(=O)O)cc1. The molecule has 0 spiro atoms. The van der Waals surface area contributed by atoms with E-state index >= 15 is 0 Å². The van der Waals surface area contributed by atoms with Gasteiger partial charge >= 0.3 is 5.97 Å². The molecule has 0 aliphatic rings. The summed E-state index contributed by atoms with van der Waals surface area (Å²) >= 11 is 1.60. The fourth-order valence-electron chi connectivity index (χ4n) is 1.49. The van der Waals surface area contributed by atoms with Gasteiger partial charge in [-0.25, -0.2) is 0 Å². The molecule has 0 unspecified atom stereocenters. The van der Waals surface area contributed by atoms with Gasteiger partial charge in [-0.1, -0.05) is 0 Å². The van der Waals surface area contributed by atoms with E-state index in [1.165, 1.54) is 0 Å². The number of thioether (sulfide) groups is 1. The van der Waals surface area contributed by atoms with Gasteiger partial charge in [0.15, 0.2) is 0 Å². The van der Waals surface area contributed by atoms with Crippen molar-refractivity contribution in [2.75, 3.05) is 19.4 Å². The summed E-state index contributed by atoms with van der Waals surface area (Å²) in [6, 6.07) is 7.67. The number of rotatable bonds is 9. The van der Waals surface area contributed by atoms with E-state index in [-0.39, 0.29) is 12.3 Å². The Morgan fingerprint density at radius 3 is 2.55 bits per heavy atom. The molecule has 6 heteroatoms. The van der Waals surface area contributed by atoms with Crippen molar-refractivity contribution in [1.82, 2.24) is 5.32 Å². The molecule has 5 nitrogen and oxygen atoms in total. The summed E-state index contributed by atoms with van der Waals surface area (Å²) in [6.45, 7) is 0.415. The predicted molar refractivity (Wildman–Crippen MR) is 78.2 cm³/mol. The maximum Gasteiger partial charge on any atom is 0.303 e.